The number of aromatic nitrogens is 3. The van der Waals surface area contributed by atoms with Crippen molar-refractivity contribution in [3.8, 4) is 0 Å². The number of anilines is 1. The highest BCUT2D eigenvalue weighted by atomic mass is 19.4. The minimum absolute atomic E-state index is 0.0710. The average Bonchev–Trinajstić information content (AvgIpc) is 3.29. The van der Waals surface area contributed by atoms with Crippen molar-refractivity contribution in [3.63, 3.8) is 0 Å². The molecule has 0 atom stereocenters. The van der Waals surface area contributed by atoms with Crippen LogP contribution in [0.1, 0.15) is 21.6 Å². The number of nitrogens with one attached hydrogen (secondary N) is 2. The predicted octanol–water partition coefficient (Wildman–Crippen LogP) is 4.96. The van der Waals surface area contributed by atoms with Crippen LogP contribution in [0.2, 0.25) is 0 Å². The van der Waals surface area contributed by atoms with E-state index in [9.17, 15) is 26.7 Å². The molecular weight excluding hydrogens is 407 g/mol. The first-order valence-electron chi connectivity index (χ1n) is 8.68. The van der Waals surface area contributed by atoms with Gasteiger partial charge in [-0.3, -0.25) is 9.48 Å². The van der Waals surface area contributed by atoms with Gasteiger partial charge in [-0.2, -0.15) is 18.3 Å². The summed E-state index contributed by atoms with van der Waals surface area (Å²) in [5.41, 5.74) is 0.448. The molecular formula is C20H13F5N4O. The van der Waals surface area contributed by atoms with Gasteiger partial charge in [0.2, 0.25) is 0 Å². The van der Waals surface area contributed by atoms with Crippen LogP contribution in [0.15, 0.2) is 54.9 Å². The largest absolute Gasteiger partial charge is 0.416 e. The quantitative estimate of drug-likeness (QED) is 0.459. The maximum Gasteiger partial charge on any atom is 0.416 e. The molecule has 2 aromatic carbocycles. The molecule has 0 aliphatic heterocycles. The Morgan fingerprint density at radius 3 is 2.47 bits per heavy atom. The molecule has 4 rings (SSSR count). The van der Waals surface area contributed by atoms with Crippen LogP contribution in [-0.2, 0) is 12.7 Å². The van der Waals surface area contributed by atoms with Gasteiger partial charge in [-0.15, -0.1) is 0 Å². The number of halogens is 5. The molecule has 5 nitrogen and oxygen atoms in total. The fourth-order valence-electron chi connectivity index (χ4n) is 3.03. The van der Waals surface area contributed by atoms with Gasteiger partial charge >= 0.3 is 6.18 Å². The van der Waals surface area contributed by atoms with E-state index in [1.54, 1.807) is 0 Å². The van der Waals surface area contributed by atoms with Gasteiger partial charge in [0.1, 0.15) is 5.69 Å². The molecule has 0 bridgehead atoms. The van der Waals surface area contributed by atoms with Crippen LogP contribution in [0.3, 0.4) is 0 Å². The number of aromatic amines is 1. The summed E-state index contributed by atoms with van der Waals surface area (Å²) < 4.78 is 66.3. The Bertz CT molecular complexity index is 1220. The molecule has 0 aliphatic carbocycles. The number of carbonyl (C=O) groups excluding carboxylic acids is 1. The Morgan fingerprint density at radius 1 is 1.07 bits per heavy atom. The number of hydrogen-bond acceptors (Lipinski definition) is 2. The molecule has 0 fully saturated rings. The summed E-state index contributed by atoms with van der Waals surface area (Å²) in [6.07, 6.45) is -1.65. The molecule has 30 heavy (non-hydrogen) atoms. The topological polar surface area (TPSA) is 62.7 Å². The van der Waals surface area contributed by atoms with Gasteiger partial charge in [-0.1, -0.05) is 12.1 Å². The average molecular weight is 420 g/mol. The maximum absolute atomic E-state index is 13.5. The zero-order chi connectivity index (χ0) is 21.5. The lowest BCUT2D eigenvalue weighted by atomic mass is 10.1. The fraction of sp³-hybridized carbons (Fsp3) is 0.100. The van der Waals surface area contributed by atoms with Crippen molar-refractivity contribution in [1.29, 1.82) is 0 Å². The van der Waals surface area contributed by atoms with Crippen LogP contribution in [0.5, 0.6) is 0 Å². The summed E-state index contributed by atoms with van der Waals surface area (Å²) >= 11 is 0. The van der Waals surface area contributed by atoms with Crippen LogP contribution in [0, 0.1) is 11.6 Å². The first-order chi connectivity index (χ1) is 14.2. The summed E-state index contributed by atoms with van der Waals surface area (Å²) in [7, 11) is 0. The van der Waals surface area contributed by atoms with E-state index in [-0.39, 0.29) is 23.3 Å². The molecule has 0 aliphatic rings. The van der Waals surface area contributed by atoms with Crippen molar-refractivity contribution in [1.82, 2.24) is 14.8 Å². The van der Waals surface area contributed by atoms with Gasteiger partial charge in [0.05, 0.1) is 23.3 Å². The van der Waals surface area contributed by atoms with Gasteiger partial charge in [-0.05, 0) is 29.8 Å². The fourth-order valence-corrected chi connectivity index (χ4v) is 3.03. The van der Waals surface area contributed by atoms with Crippen molar-refractivity contribution in [3.05, 3.63) is 83.3 Å². The van der Waals surface area contributed by atoms with Crippen LogP contribution in [0.4, 0.5) is 27.6 Å². The van der Waals surface area contributed by atoms with Crippen molar-refractivity contribution in [2.75, 3.05) is 5.32 Å². The molecule has 10 heteroatoms. The minimum Gasteiger partial charge on any atom is -0.359 e. The monoisotopic (exact) mass is 420 g/mol. The van der Waals surface area contributed by atoms with E-state index in [1.807, 2.05) is 0 Å². The van der Waals surface area contributed by atoms with Crippen molar-refractivity contribution in [2.45, 2.75) is 12.7 Å². The number of amides is 1. The summed E-state index contributed by atoms with van der Waals surface area (Å²) in [5, 5.41) is 6.93. The van der Waals surface area contributed by atoms with Gasteiger partial charge in [-0.25, -0.2) is 8.78 Å². The Morgan fingerprint density at radius 2 is 1.77 bits per heavy atom. The van der Waals surface area contributed by atoms with E-state index in [0.29, 0.717) is 11.1 Å². The number of nitrogens with zero attached hydrogens (tertiary/aromatic N) is 2. The standard InChI is InChI=1S/C20H13F5N4O/c21-14-7-13-16(8-15(14)22)26-9-17(13)28-19(30)18-5-6-27-29(18)10-11-1-3-12(4-2-11)20(23,24)25/h1-9,26H,10H2,(H,28,30). The number of hydrogen-bond donors (Lipinski definition) is 2. The summed E-state index contributed by atoms with van der Waals surface area (Å²) in [4.78, 5) is 15.4. The van der Waals surface area contributed by atoms with Crippen LogP contribution >= 0.6 is 0 Å². The zero-order valence-corrected chi connectivity index (χ0v) is 15.1. The number of H-pyrrole nitrogens is 1. The van der Waals surface area contributed by atoms with Crippen molar-refractivity contribution >= 4 is 22.5 Å². The molecule has 2 N–H and O–H groups in total. The lowest BCUT2D eigenvalue weighted by Gasteiger charge is -2.10. The third-order valence-corrected chi connectivity index (χ3v) is 4.53. The van der Waals surface area contributed by atoms with Gasteiger partial charge in [0, 0.05) is 23.8 Å². The number of benzene rings is 2. The second kappa shape index (κ2) is 7.29. The van der Waals surface area contributed by atoms with E-state index in [1.165, 1.54) is 35.3 Å². The minimum atomic E-state index is -4.43. The lowest BCUT2D eigenvalue weighted by Crippen LogP contribution is -2.18. The van der Waals surface area contributed by atoms with Crippen LogP contribution in [0.25, 0.3) is 10.9 Å². The smallest absolute Gasteiger partial charge is 0.359 e. The summed E-state index contributed by atoms with van der Waals surface area (Å²) in [6, 6.07) is 7.92. The van der Waals surface area contributed by atoms with Crippen LogP contribution < -0.4 is 5.32 Å². The Hall–Kier alpha value is -3.69. The first-order valence-corrected chi connectivity index (χ1v) is 8.68. The highest BCUT2D eigenvalue weighted by Gasteiger charge is 2.30. The SMILES string of the molecule is O=C(Nc1c[nH]c2cc(F)c(F)cc12)c1ccnn1Cc1ccc(C(F)(F)F)cc1. The number of alkyl halides is 3. The van der Waals surface area contributed by atoms with E-state index in [4.69, 9.17) is 0 Å². The highest BCUT2D eigenvalue weighted by molar-refractivity contribution is 6.08. The predicted molar refractivity (Wildman–Crippen MR) is 98.9 cm³/mol. The maximum atomic E-state index is 13.5. The van der Waals surface area contributed by atoms with Crippen molar-refractivity contribution < 1.29 is 26.7 Å². The zero-order valence-electron chi connectivity index (χ0n) is 15.1. The number of carbonyl (C=O) groups is 1. The molecule has 0 unspecified atom stereocenters. The van der Waals surface area contributed by atoms with E-state index in [0.717, 1.165) is 24.3 Å². The Kier molecular flexibility index (Phi) is 4.76. The molecule has 1 amide bonds. The highest BCUT2D eigenvalue weighted by Crippen LogP contribution is 2.29. The van der Waals surface area contributed by atoms with E-state index >= 15 is 0 Å². The Labute approximate surface area is 166 Å². The normalized spacial score (nSPS) is 11.8. The molecule has 0 radical (unpaired) electrons. The first kappa shape index (κ1) is 19.6. The van der Waals surface area contributed by atoms with Crippen LogP contribution in [-0.4, -0.2) is 20.7 Å². The second-order valence-electron chi connectivity index (χ2n) is 6.54. The molecule has 0 spiro atoms. The third kappa shape index (κ3) is 3.76. The van der Waals surface area contributed by atoms with Gasteiger partial charge in [0.25, 0.3) is 5.91 Å². The third-order valence-electron chi connectivity index (χ3n) is 4.53. The van der Waals surface area contributed by atoms with Gasteiger partial charge in [0.15, 0.2) is 11.6 Å². The Balaban J connectivity index is 1.54. The molecule has 0 saturated carbocycles. The lowest BCUT2D eigenvalue weighted by molar-refractivity contribution is -0.137. The summed E-state index contributed by atoms with van der Waals surface area (Å²) in [6.45, 7) is 0.0710. The number of fused-ring (bicyclic) bond motifs is 1. The summed E-state index contributed by atoms with van der Waals surface area (Å²) in [5.74, 6) is -2.63. The molecule has 0 saturated heterocycles. The number of rotatable bonds is 4. The molecule has 154 valence electrons. The van der Waals surface area contributed by atoms with E-state index < -0.39 is 29.3 Å². The van der Waals surface area contributed by atoms with Gasteiger partial charge < -0.3 is 10.3 Å². The second-order valence-corrected chi connectivity index (χ2v) is 6.54. The molecule has 4 aromatic rings. The van der Waals surface area contributed by atoms with E-state index in [2.05, 4.69) is 15.4 Å². The van der Waals surface area contributed by atoms with Crippen molar-refractivity contribution in [2.24, 2.45) is 0 Å². The molecule has 2 aromatic heterocycles. The molecule has 2 heterocycles.